The highest BCUT2D eigenvalue weighted by atomic mass is 16.5. The van der Waals surface area contributed by atoms with Crippen LogP contribution in [0.15, 0.2) is 12.1 Å². The SMILES string of the molecule is C[C@H](c1cc(CCCNO)nc(C2CC2)c1)N(C(=O)[C@H]1CNCCO1)C1CC1. The average molecular weight is 389 g/mol. The van der Waals surface area contributed by atoms with Gasteiger partial charge in [0.1, 0.15) is 6.10 Å². The summed E-state index contributed by atoms with van der Waals surface area (Å²) in [4.78, 5) is 20.1. The lowest BCUT2D eigenvalue weighted by Gasteiger charge is -2.34. The van der Waals surface area contributed by atoms with Crippen LogP contribution in [0, 0.1) is 0 Å². The molecule has 0 bridgehead atoms. The molecule has 0 unspecified atom stereocenters. The molecule has 0 spiro atoms. The van der Waals surface area contributed by atoms with Gasteiger partial charge in [-0.25, -0.2) is 5.48 Å². The van der Waals surface area contributed by atoms with Crippen LogP contribution in [0.5, 0.6) is 0 Å². The van der Waals surface area contributed by atoms with Crippen molar-refractivity contribution < 1.29 is 14.7 Å². The van der Waals surface area contributed by atoms with E-state index in [0.29, 0.717) is 31.7 Å². The van der Waals surface area contributed by atoms with E-state index >= 15 is 0 Å². The number of ether oxygens (including phenoxy) is 1. The van der Waals surface area contributed by atoms with Crippen LogP contribution in [-0.2, 0) is 16.0 Å². The third-order valence-electron chi connectivity index (χ3n) is 5.94. The highest BCUT2D eigenvalue weighted by molar-refractivity contribution is 5.82. The summed E-state index contributed by atoms with van der Waals surface area (Å²) in [6, 6.07) is 4.70. The molecule has 7 heteroatoms. The molecule has 3 fully saturated rings. The van der Waals surface area contributed by atoms with Crippen molar-refractivity contribution in [2.75, 3.05) is 26.2 Å². The maximum Gasteiger partial charge on any atom is 0.253 e. The van der Waals surface area contributed by atoms with E-state index in [1.54, 1.807) is 0 Å². The van der Waals surface area contributed by atoms with E-state index < -0.39 is 0 Å². The Labute approximate surface area is 166 Å². The molecule has 1 amide bonds. The van der Waals surface area contributed by atoms with Crippen LogP contribution in [0.2, 0.25) is 0 Å². The van der Waals surface area contributed by atoms with Crippen LogP contribution in [0.1, 0.15) is 67.9 Å². The topological polar surface area (TPSA) is 86.7 Å². The van der Waals surface area contributed by atoms with Gasteiger partial charge < -0.3 is 20.2 Å². The molecule has 2 heterocycles. The molecule has 154 valence electrons. The molecule has 1 aliphatic heterocycles. The van der Waals surface area contributed by atoms with E-state index in [1.807, 2.05) is 0 Å². The predicted molar refractivity (Wildman–Crippen MR) is 105 cm³/mol. The van der Waals surface area contributed by atoms with Gasteiger partial charge in [0.05, 0.1) is 12.6 Å². The molecule has 0 aromatic carbocycles. The van der Waals surface area contributed by atoms with Crippen LogP contribution in [0.25, 0.3) is 0 Å². The van der Waals surface area contributed by atoms with E-state index in [2.05, 4.69) is 34.8 Å². The largest absolute Gasteiger partial charge is 0.366 e. The van der Waals surface area contributed by atoms with Gasteiger partial charge in [-0.3, -0.25) is 9.78 Å². The molecule has 2 saturated carbocycles. The fourth-order valence-electron chi connectivity index (χ4n) is 4.03. The molecule has 2 aliphatic carbocycles. The lowest BCUT2D eigenvalue weighted by atomic mass is 10.0. The zero-order valence-corrected chi connectivity index (χ0v) is 16.7. The lowest BCUT2D eigenvalue weighted by Crippen LogP contribution is -2.50. The molecule has 1 aromatic rings. The fraction of sp³-hybridized carbons (Fsp3) is 0.714. The molecule has 3 N–H and O–H groups in total. The Hall–Kier alpha value is -1.54. The van der Waals surface area contributed by atoms with Crippen molar-refractivity contribution in [1.29, 1.82) is 0 Å². The van der Waals surface area contributed by atoms with Crippen molar-refractivity contribution >= 4 is 5.91 Å². The summed E-state index contributed by atoms with van der Waals surface area (Å²) in [5.41, 5.74) is 5.61. The summed E-state index contributed by atoms with van der Waals surface area (Å²) in [5, 5.41) is 12.1. The van der Waals surface area contributed by atoms with Crippen LogP contribution in [0.4, 0.5) is 0 Å². The van der Waals surface area contributed by atoms with Gasteiger partial charge in [-0.15, -0.1) is 0 Å². The van der Waals surface area contributed by atoms with Crippen molar-refractivity contribution in [3.63, 3.8) is 0 Å². The molecular formula is C21H32N4O3. The van der Waals surface area contributed by atoms with Gasteiger partial charge >= 0.3 is 0 Å². The number of morpholine rings is 1. The minimum atomic E-state index is -0.378. The van der Waals surface area contributed by atoms with E-state index in [-0.39, 0.29) is 18.1 Å². The number of rotatable bonds is 9. The number of carbonyl (C=O) groups excluding carboxylic acids is 1. The smallest absolute Gasteiger partial charge is 0.253 e. The summed E-state index contributed by atoms with van der Waals surface area (Å²) in [6.07, 6.45) is 5.83. The Kier molecular flexibility index (Phi) is 6.25. The Morgan fingerprint density at radius 3 is 2.86 bits per heavy atom. The van der Waals surface area contributed by atoms with Gasteiger partial charge in [-0.1, -0.05) is 0 Å². The number of pyridine rings is 1. The molecule has 28 heavy (non-hydrogen) atoms. The molecule has 1 aromatic heterocycles. The molecule has 7 nitrogen and oxygen atoms in total. The summed E-state index contributed by atoms with van der Waals surface area (Å²) in [6.45, 7) is 4.69. The number of nitrogens with zero attached hydrogens (tertiary/aromatic N) is 2. The normalized spacial score (nSPS) is 23.4. The highest BCUT2D eigenvalue weighted by Crippen LogP contribution is 2.41. The van der Waals surface area contributed by atoms with Gasteiger partial charge in [0.25, 0.3) is 5.91 Å². The van der Waals surface area contributed by atoms with E-state index in [0.717, 1.165) is 43.6 Å². The molecular weight excluding hydrogens is 356 g/mol. The van der Waals surface area contributed by atoms with Gasteiger partial charge in [0, 0.05) is 43.0 Å². The van der Waals surface area contributed by atoms with Crippen molar-refractivity contribution in [3.05, 3.63) is 29.1 Å². The van der Waals surface area contributed by atoms with Gasteiger partial charge in [0.15, 0.2) is 0 Å². The first-order valence-corrected chi connectivity index (χ1v) is 10.7. The Morgan fingerprint density at radius 1 is 1.39 bits per heavy atom. The Morgan fingerprint density at radius 2 is 2.21 bits per heavy atom. The van der Waals surface area contributed by atoms with Gasteiger partial charge in [-0.2, -0.15) is 0 Å². The zero-order valence-electron chi connectivity index (χ0n) is 16.7. The Balaban J connectivity index is 1.55. The van der Waals surface area contributed by atoms with E-state index in [4.69, 9.17) is 14.9 Å². The molecule has 2 atom stereocenters. The monoisotopic (exact) mass is 388 g/mol. The maximum absolute atomic E-state index is 13.2. The number of hydrogen-bond donors (Lipinski definition) is 3. The van der Waals surface area contributed by atoms with Gasteiger partial charge in [0.2, 0.25) is 0 Å². The summed E-state index contributed by atoms with van der Waals surface area (Å²) >= 11 is 0. The van der Waals surface area contributed by atoms with Crippen LogP contribution < -0.4 is 10.8 Å². The zero-order chi connectivity index (χ0) is 19.5. The summed E-state index contributed by atoms with van der Waals surface area (Å²) in [5.74, 6) is 0.677. The van der Waals surface area contributed by atoms with Crippen LogP contribution in [-0.4, -0.2) is 59.4 Å². The number of nitrogens with one attached hydrogen (secondary N) is 2. The van der Waals surface area contributed by atoms with Crippen molar-refractivity contribution in [1.82, 2.24) is 20.7 Å². The van der Waals surface area contributed by atoms with Gasteiger partial charge in [-0.05, 0) is 63.1 Å². The first kappa shape index (κ1) is 19.8. The number of amides is 1. The average Bonchev–Trinajstić information content (AvgIpc) is 3.62. The van der Waals surface area contributed by atoms with Crippen molar-refractivity contribution in [2.45, 2.75) is 69.6 Å². The van der Waals surface area contributed by atoms with Crippen LogP contribution in [0.3, 0.4) is 0 Å². The quantitative estimate of drug-likeness (QED) is 0.443. The lowest BCUT2D eigenvalue weighted by molar-refractivity contribution is -0.148. The minimum absolute atomic E-state index is 0.0146. The van der Waals surface area contributed by atoms with Crippen molar-refractivity contribution in [3.8, 4) is 0 Å². The standard InChI is InChI=1S/C21H32N4O3/c1-14(25(18-6-7-18)21(26)20-13-22-9-10-28-20)16-11-17(3-2-8-23-27)24-19(12-16)15-4-5-15/h11-12,14-15,18,20,22-23,27H,2-10,13H2,1H3/t14-,20-/m1/s1. The third kappa shape index (κ3) is 4.71. The number of aromatic nitrogens is 1. The summed E-state index contributed by atoms with van der Waals surface area (Å²) < 4.78 is 5.75. The van der Waals surface area contributed by atoms with E-state index in [9.17, 15) is 4.79 Å². The predicted octanol–water partition coefficient (Wildman–Crippen LogP) is 1.91. The Bertz CT molecular complexity index is 684. The fourth-order valence-corrected chi connectivity index (χ4v) is 4.03. The molecule has 4 rings (SSSR count). The number of carbonyl (C=O) groups is 1. The first-order valence-electron chi connectivity index (χ1n) is 10.7. The maximum atomic E-state index is 13.2. The highest BCUT2D eigenvalue weighted by Gasteiger charge is 2.40. The number of aryl methyl sites for hydroxylation is 1. The van der Waals surface area contributed by atoms with E-state index in [1.165, 1.54) is 18.4 Å². The number of hydrogen-bond acceptors (Lipinski definition) is 6. The summed E-state index contributed by atoms with van der Waals surface area (Å²) in [7, 11) is 0. The molecule has 0 radical (unpaired) electrons. The van der Waals surface area contributed by atoms with Crippen LogP contribution >= 0.6 is 0 Å². The molecule has 3 aliphatic rings. The third-order valence-corrected chi connectivity index (χ3v) is 5.94. The second-order valence-corrected chi connectivity index (χ2v) is 8.32. The minimum Gasteiger partial charge on any atom is -0.366 e. The number of hydroxylamine groups is 1. The first-order chi connectivity index (χ1) is 13.7. The van der Waals surface area contributed by atoms with Crippen molar-refractivity contribution in [2.24, 2.45) is 0 Å². The second-order valence-electron chi connectivity index (χ2n) is 8.32. The molecule has 1 saturated heterocycles. The second kappa shape index (κ2) is 8.86.